The molecule has 1 aromatic heterocycles. The maximum absolute atomic E-state index is 12.8. The number of rotatable bonds is 4. The minimum Gasteiger partial charge on any atom is -0.345 e. The third-order valence-corrected chi connectivity index (χ3v) is 4.32. The van der Waals surface area contributed by atoms with E-state index in [-0.39, 0.29) is 6.07 Å². The van der Waals surface area contributed by atoms with E-state index in [1.54, 1.807) is 13.0 Å². The second kappa shape index (κ2) is 7.10. The second-order valence-electron chi connectivity index (χ2n) is 5.31. The Labute approximate surface area is 147 Å². The number of amides is 1. The van der Waals surface area contributed by atoms with Gasteiger partial charge in [0.1, 0.15) is 0 Å². The molecule has 2 rings (SSSR count). The fourth-order valence-corrected chi connectivity index (χ4v) is 2.83. The van der Waals surface area contributed by atoms with Crippen LogP contribution in [-0.4, -0.2) is 18.2 Å². The van der Waals surface area contributed by atoms with Gasteiger partial charge in [-0.05, 0) is 37.3 Å². The van der Waals surface area contributed by atoms with Gasteiger partial charge in [0.2, 0.25) is 0 Å². The van der Waals surface area contributed by atoms with E-state index in [9.17, 15) is 35.9 Å². The van der Waals surface area contributed by atoms with Crippen molar-refractivity contribution in [1.82, 2.24) is 5.32 Å². The summed E-state index contributed by atoms with van der Waals surface area (Å²) in [6.07, 6.45) is -10.1. The molecule has 26 heavy (non-hydrogen) atoms. The number of hydrogen-bond acceptors (Lipinski definition) is 3. The van der Waals surface area contributed by atoms with Crippen LogP contribution in [0, 0.1) is 6.92 Å². The third-order valence-electron chi connectivity index (χ3n) is 3.27. The lowest BCUT2D eigenvalue weighted by atomic mass is 10.0. The van der Waals surface area contributed by atoms with Crippen molar-refractivity contribution in [2.45, 2.75) is 19.3 Å². The summed E-state index contributed by atoms with van der Waals surface area (Å²) >= 11 is 1.16. The lowest BCUT2D eigenvalue weighted by Gasteiger charge is -2.14. The van der Waals surface area contributed by atoms with Crippen LogP contribution in [0.5, 0.6) is 0 Å². The zero-order valence-corrected chi connectivity index (χ0v) is 13.9. The Kier molecular flexibility index (Phi) is 5.45. The first kappa shape index (κ1) is 20.0. The van der Waals surface area contributed by atoms with Crippen molar-refractivity contribution in [1.29, 1.82) is 0 Å². The summed E-state index contributed by atoms with van der Waals surface area (Å²) in [6.45, 7) is 1.21. The van der Waals surface area contributed by atoms with Crippen molar-refractivity contribution < 1.29 is 35.9 Å². The van der Waals surface area contributed by atoms with E-state index in [2.05, 4.69) is 0 Å². The Balaban J connectivity index is 2.23. The summed E-state index contributed by atoms with van der Waals surface area (Å²) in [4.78, 5) is 25.0. The van der Waals surface area contributed by atoms with Crippen LogP contribution in [0.15, 0.2) is 30.3 Å². The number of carbonyl (C=O) groups excluding carboxylic acids is 2. The number of Topliss-reactive ketones (excluding diaryl/α,β-unsaturated/α-hetero) is 1. The number of carbonyl (C=O) groups is 2. The van der Waals surface area contributed by atoms with Gasteiger partial charge >= 0.3 is 12.4 Å². The number of nitrogens with one attached hydrogen (secondary N) is 1. The van der Waals surface area contributed by atoms with Gasteiger partial charge in [-0.15, -0.1) is 11.3 Å². The minimum atomic E-state index is -5.05. The van der Waals surface area contributed by atoms with Crippen molar-refractivity contribution in [3.63, 3.8) is 0 Å². The zero-order valence-electron chi connectivity index (χ0n) is 13.1. The van der Waals surface area contributed by atoms with Crippen LogP contribution in [0.3, 0.4) is 0 Å². The first-order chi connectivity index (χ1) is 11.9. The highest BCUT2D eigenvalue weighted by Gasteiger charge is 2.37. The molecule has 0 aliphatic carbocycles. The number of hydrogen-bond donors (Lipinski definition) is 1. The van der Waals surface area contributed by atoms with Crippen LogP contribution in [-0.2, 0) is 12.4 Å². The van der Waals surface area contributed by atoms with Crippen LogP contribution in [0.25, 0.3) is 0 Å². The molecular weight excluding hydrogens is 384 g/mol. The van der Waals surface area contributed by atoms with Crippen molar-refractivity contribution in [3.8, 4) is 0 Å². The number of halogens is 6. The van der Waals surface area contributed by atoms with Gasteiger partial charge in [0.05, 0.1) is 22.5 Å². The first-order valence-electron chi connectivity index (χ1n) is 7.05. The maximum Gasteiger partial charge on any atom is 0.416 e. The average molecular weight is 395 g/mol. The van der Waals surface area contributed by atoms with Crippen LogP contribution < -0.4 is 5.32 Å². The molecule has 3 nitrogen and oxygen atoms in total. The molecule has 2 aromatic rings. The Bertz CT molecular complexity index is 806. The number of alkyl halides is 6. The van der Waals surface area contributed by atoms with Gasteiger partial charge < -0.3 is 5.32 Å². The Morgan fingerprint density at radius 3 is 1.92 bits per heavy atom. The minimum absolute atomic E-state index is 0.0731. The van der Waals surface area contributed by atoms with E-state index in [0.29, 0.717) is 17.0 Å². The highest BCUT2D eigenvalue weighted by Crippen LogP contribution is 2.36. The highest BCUT2D eigenvalue weighted by molar-refractivity contribution is 7.14. The molecule has 0 spiro atoms. The van der Waals surface area contributed by atoms with Gasteiger partial charge in [-0.2, -0.15) is 26.3 Å². The molecular formula is C16H11F6NO2S. The second-order valence-corrected chi connectivity index (χ2v) is 6.60. The molecule has 1 amide bonds. The largest absolute Gasteiger partial charge is 0.416 e. The van der Waals surface area contributed by atoms with Crippen LogP contribution in [0.2, 0.25) is 0 Å². The number of benzene rings is 1. The summed E-state index contributed by atoms with van der Waals surface area (Å²) in [5.74, 6) is -1.71. The van der Waals surface area contributed by atoms with Crippen LogP contribution >= 0.6 is 11.3 Å². The van der Waals surface area contributed by atoms with Crippen molar-refractivity contribution in [2.75, 3.05) is 6.54 Å². The Hall–Kier alpha value is -2.36. The summed E-state index contributed by atoms with van der Waals surface area (Å²) in [5, 5.41) is 2.05. The summed E-state index contributed by atoms with van der Waals surface area (Å²) in [7, 11) is 0. The quantitative estimate of drug-likeness (QED) is 0.602. The van der Waals surface area contributed by atoms with E-state index in [1.807, 2.05) is 5.32 Å². The molecule has 0 atom stereocenters. The SMILES string of the molecule is Cc1ccc(C(=O)CNC(=O)c2cc(C(F)(F)F)cc(C(F)(F)F)c2)s1. The maximum atomic E-state index is 12.8. The van der Waals surface area contributed by atoms with Gasteiger partial charge in [0.25, 0.3) is 5.91 Å². The van der Waals surface area contributed by atoms with E-state index in [1.165, 1.54) is 6.07 Å². The molecule has 10 heteroatoms. The van der Waals surface area contributed by atoms with E-state index in [4.69, 9.17) is 0 Å². The molecule has 0 saturated carbocycles. The average Bonchev–Trinajstić information content (AvgIpc) is 2.96. The predicted molar refractivity (Wildman–Crippen MR) is 82.2 cm³/mol. The fourth-order valence-electron chi connectivity index (χ4n) is 2.02. The van der Waals surface area contributed by atoms with Crippen LogP contribution in [0.4, 0.5) is 26.3 Å². The van der Waals surface area contributed by atoms with Crippen molar-refractivity contribution in [3.05, 3.63) is 56.8 Å². The monoisotopic (exact) mass is 395 g/mol. The number of thiophene rings is 1. The smallest absolute Gasteiger partial charge is 0.345 e. The van der Waals surface area contributed by atoms with Gasteiger partial charge in [0, 0.05) is 10.4 Å². The highest BCUT2D eigenvalue weighted by atomic mass is 32.1. The van der Waals surface area contributed by atoms with Gasteiger partial charge in [-0.25, -0.2) is 0 Å². The van der Waals surface area contributed by atoms with Crippen molar-refractivity contribution >= 4 is 23.0 Å². The standard InChI is InChI=1S/C16H11F6NO2S/c1-8-2-3-13(26-8)12(24)7-23-14(25)9-4-10(15(17,18)19)6-11(5-9)16(20,21)22/h2-6H,7H2,1H3,(H,23,25). The Morgan fingerprint density at radius 1 is 0.962 bits per heavy atom. The molecule has 1 N–H and O–H groups in total. The molecule has 0 aliphatic heterocycles. The lowest BCUT2D eigenvalue weighted by Crippen LogP contribution is -2.29. The summed E-state index contributed by atoms with van der Waals surface area (Å²) in [5.41, 5.74) is -4.03. The molecule has 0 aliphatic rings. The van der Waals surface area contributed by atoms with E-state index < -0.39 is 47.3 Å². The van der Waals surface area contributed by atoms with Gasteiger partial charge in [0.15, 0.2) is 5.78 Å². The third kappa shape index (κ3) is 4.84. The number of aryl methyl sites for hydroxylation is 1. The normalized spacial score (nSPS) is 12.1. The summed E-state index contributed by atoms with van der Waals surface area (Å²) < 4.78 is 76.7. The number of ketones is 1. The topological polar surface area (TPSA) is 46.2 Å². The molecule has 140 valence electrons. The van der Waals surface area contributed by atoms with Crippen molar-refractivity contribution in [2.24, 2.45) is 0 Å². The lowest BCUT2D eigenvalue weighted by molar-refractivity contribution is -0.143. The van der Waals surface area contributed by atoms with Crippen LogP contribution in [0.1, 0.15) is 36.0 Å². The molecule has 0 unspecified atom stereocenters. The molecule has 0 fully saturated rings. The van der Waals surface area contributed by atoms with Gasteiger partial charge in [-0.3, -0.25) is 9.59 Å². The Morgan fingerprint density at radius 2 is 1.50 bits per heavy atom. The van der Waals surface area contributed by atoms with Gasteiger partial charge in [-0.1, -0.05) is 0 Å². The van der Waals surface area contributed by atoms with E-state index >= 15 is 0 Å². The fraction of sp³-hybridized carbons (Fsp3) is 0.250. The molecule has 0 bridgehead atoms. The van der Waals surface area contributed by atoms with E-state index in [0.717, 1.165) is 16.2 Å². The molecule has 1 aromatic carbocycles. The zero-order chi connectivity index (χ0) is 19.7. The molecule has 0 saturated heterocycles. The summed E-state index contributed by atoms with van der Waals surface area (Å²) in [6, 6.07) is 3.73. The predicted octanol–water partition coefficient (Wildman–Crippen LogP) is 4.71. The molecule has 1 heterocycles. The first-order valence-corrected chi connectivity index (χ1v) is 7.87. The molecule has 0 radical (unpaired) electrons.